The number of hydrogen-bond acceptors (Lipinski definition) is 3. The highest BCUT2D eigenvalue weighted by molar-refractivity contribution is 7.99. The predicted octanol–water partition coefficient (Wildman–Crippen LogP) is 4.74. The van der Waals surface area contributed by atoms with Crippen LogP contribution in [0.3, 0.4) is 0 Å². The molecule has 0 heterocycles. The Hall–Kier alpha value is -1.65. The number of thioether (sulfide) groups is 1. The van der Waals surface area contributed by atoms with Gasteiger partial charge in [-0.3, -0.25) is 4.79 Å². The third-order valence-corrected chi connectivity index (χ3v) is 4.61. The Bertz CT molecular complexity index is 689. The van der Waals surface area contributed by atoms with E-state index >= 15 is 0 Å². The molecule has 3 nitrogen and oxygen atoms in total. The second-order valence-corrected chi connectivity index (χ2v) is 6.64. The molecule has 2 rings (SSSR count). The van der Waals surface area contributed by atoms with Crippen molar-refractivity contribution in [2.24, 2.45) is 0 Å². The third kappa shape index (κ3) is 5.81. The van der Waals surface area contributed by atoms with E-state index in [1.165, 1.54) is 16.0 Å². The summed E-state index contributed by atoms with van der Waals surface area (Å²) in [7, 11) is 0. The third-order valence-electron chi connectivity index (χ3n) is 3.61. The van der Waals surface area contributed by atoms with Crippen LogP contribution >= 0.6 is 24.2 Å². The van der Waals surface area contributed by atoms with Crippen LogP contribution in [0.2, 0.25) is 0 Å². The second kappa shape index (κ2) is 8.85. The first-order valence-corrected chi connectivity index (χ1v) is 8.30. The van der Waals surface area contributed by atoms with E-state index in [0.29, 0.717) is 12.1 Å². The first kappa shape index (κ1) is 19.4. The number of benzene rings is 2. The summed E-state index contributed by atoms with van der Waals surface area (Å²) in [6.45, 7) is 6.17. The molecule has 0 unspecified atom stereocenters. The second-order valence-electron chi connectivity index (χ2n) is 5.47. The van der Waals surface area contributed by atoms with Crippen molar-refractivity contribution in [2.45, 2.75) is 32.1 Å². The minimum Gasteiger partial charge on any atom is -0.399 e. The number of nitrogen functional groups attached to an aromatic ring is 1. The van der Waals surface area contributed by atoms with E-state index in [1.807, 2.05) is 19.1 Å². The van der Waals surface area contributed by atoms with Gasteiger partial charge in [0.2, 0.25) is 5.91 Å². The van der Waals surface area contributed by atoms with E-state index in [9.17, 15) is 4.79 Å². The van der Waals surface area contributed by atoms with Crippen LogP contribution in [0, 0.1) is 20.8 Å². The van der Waals surface area contributed by atoms with Crippen molar-refractivity contribution in [3.8, 4) is 0 Å². The van der Waals surface area contributed by atoms with Crippen LogP contribution in [0.4, 0.5) is 11.4 Å². The Morgan fingerprint density at radius 1 is 1.04 bits per heavy atom. The number of anilines is 2. The van der Waals surface area contributed by atoms with Gasteiger partial charge in [0.1, 0.15) is 0 Å². The molecule has 5 heteroatoms. The summed E-state index contributed by atoms with van der Waals surface area (Å²) in [5.74, 6) is 0.778. The molecule has 0 saturated heterocycles. The smallest absolute Gasteiger partial charge is 0.225 e. The average molecular weight is 351 g/mol. The van der Waals surface area contributed by atoms with Gasteiger partial charge in [0.05, 0.1) is 0 Å². The SMILES string of the molecule is Cc1ccc(SCCC(=O)Nc2cc(N)ccc2C)cc1C.Cl. The minimum absolute atomic E-state index is 0. The highest BCUT2D eigenvalue weighted by atomic mass is 35.5. The Labute approximate surface area is 148 Å². The lowest BCUT2D eigenvalue weighted by Gasteiger charge is -2.09. The molecule has 0 bridgehead atoms. The molecule has 0 atom stereocenters. The van der Waals surface area contributed by atoms with E-state index in [2.05, 4.69) is 37.4 Å². The molecule has 0 fully saturated rings. The number of hydrogen-bond donors (Lipinski definition) is 2. The lowest BCUT2D eigenvalue weighted by Crippen LogP contribution is -2.13. The first-order chi connectivity index (χ1) is 10.5. The van der Waals surface area contributed by atoms with Crippen molar-refractivity contribution in [2.75, 3.05) is 16.8 Å². The molecule has 0 aliphatic rings. The number of rotatable bonds is 5. The predicted molar refractivity (Wildman–Crippen MR) is 103 cm³/mol. The van der Waals surface area contributed by atoms with Crippen LogP contribution in [-0.2, 0) is 4.79 Å². The maximum atomic E-state index is 12.0. The Balaban J connectivity index is 0.00000264. The number of aryl methyl sites for hydroxylation is 3. The summed E-state index contributed by atoms with van der Waals surface area (Å²) in [5, 5.41) is 2.93. The van der Waals surface area contributed by atoms with Gasteiger partial charge in [-0.15, -0.1) is 24.2 Å². The van der Waals surface area contributed by atoms with Crippen molar-refractivity contribution in [1.29, 1.82) is 0 Å². The topological polar surface area (TPSA) is 55.1 Å². The zero-order valence-electron chi connectivity index (χ0n) is 13.7. The van der Waals surface area contributed by atoms with Gasteiger partial charge in [0.25, 0.3) is 0 Å². The number of nitrogens with one attached hydrogen (secondary N) is 1. The van der Waals surface area contributed by atoms with Crippen molar-refractivity contribution >= 4 is 41.5 Å². The fourth-order valence-electron chi connectivity index (χ4n) is 2.05. The van der Waals surface area contributed by atoms with Crippen molar-refractivity contribution in [3.05, 3.63) is 53.1 Å². The van der Waals surface area contributed by atoms with Gasteiger partial charge in [-0.2, -0.15) is 0 Å². The molecule has 3 N–H and O–H groups in total. The molecule has 0 aliphatic carbocycles. The van der Waals surface area contributed by atoms with Gasteiger partial charge in [-0.1, -0.05) is 12.1 Å². The number of carbonyl (C=O) groups is 1. The summed E-state index contributed by atoms with van der Waals surface area (Å²) in [5.41, 5.74) is 10.8. The molecule has 2 aromatic rings. The van der Waals surface area contributed by atoms with Crippen LogP contribution < -0.4 is 11.1 Å². The Morgan fingerprint density at radius 2 is 1.74 bits per heavy atom. The van der Waals surface area contributed by atoms with E-state index < -0.39 is 0 Å². The van der Waals surface area contributed by atoms with Crippen molar-refractivity contribution < 1.29 is 4.79 Å². The van der Waals surface area contributed by atoms with E-state index in [4.69, 9.17) is 5.73 Å². The monoisotopic (exact) mass is 350 g/mol. The van der Waals surface area contributed by atoms with Crippen molar-refractivity contribution in [3.63, 3.8) is 0 Å². The molecular weight excluding hydrogens is 328 g/mol. The fourth-order valence-corrected chi connectivity index (χ4v) is 3.00. The van der Waals surface area contributed by atoms with Gasteiger partial charge in [-0.05, 0) is 61.7 Å². The van der Waals surface area contributed by atoms with E-state index in [-0.39, 0.29) is 18.3 Å². The summed E-state index contributed by atoms with van der Waals surface area (Å²) in [6.07, 6.45) is 0.478. The molecule has 0 spiro atoms. The molecule has 0 aromatic heterocycles. The van der Waals surface area contributed by atoms with Crippen LogP contribution in [0.25, 0.3) is 0 Å². The molecule has 23 heavy (non-hydrogen) atoms. The maximum absolute atomic E-state index is 12.0. The summed E-state index contributed by atoms with van der Waals surface area (Å²) in [6, 6.07) is 11.9. The van der Waals surface area contributed by atoms with E-state index in [1.54, 1.807) is 17.8 Å². The zero-order valence-corrected chi connectivity index (χ0v) is 15.3. The Morgan fingerprint density at radius 3 is 2.43 bits per heavy atom. The average Bonchev–Trinajstić information content (AvgIpc) is 2.47. The number of nitrogens with two attached hydrogens (primary N) is 1. The molecule has 1 amide bonds. The zero-order chi connectivity index (χ0) is 16.1. The van der Waals surface area contributed by atoms with Gasteiger partial charge in [-0.25, -0.2) is 0 Å². The van der Waals surface area contributed by atoms with Gasteiger partial charge >= 0.3 is 0 Å². The van der Waals surface area contributed by atoms with Crippen LogP contribution in [0.1, 0.15) is 23.1 Å². The first-order valence-electron chi connectivity index (χ1n) is 7.32. The standard InChI is InChI=1S/C18H22N2OS.ClH/c1-12-5-7-16(10-14(12)3)22-9-8-18(21)20-17-11-15(19)6-4-13(17)2;/h4-7,10-11H,8-9,19H2,1-3H3,(H,20,21);1H. The summed E-state index contributed by atoms with van der Waals surface area (Å²) >= 11 is 1.70. The summed E-state index contributed by atoms with van der Waals surface area (Å²) < 4.78 is 0. The van der Waals surface area contributed by atoms with E-state index in [0.717, 1.165) is 17.0 Å². The van der Waals surface area contributed by atoms with Crippen LogP contribution in [-0.4, -0.2) is 11.7 Å². The lowest BCUT2D eigenvalue weighted by molar-refractivity contribution is -0.115. The molecule has 0 radical (unpaired) electrons. The number of carbonyl (C=O) groups excluding carboxylic acids is 1. The molecule has 2 aromatic carbocycles. The normalized spacial score (nSPS) is 10.0. The number of amides is 1. The van der Waals surface area contributed by atoms with Gasteiger partial charge in [0.15, 0.2) is 0 Å². The summed E-state index contributed by atoms with van der Waals surface area (Å²) in [4.78, 5) is 13.2. The molecule has 0 saturated carbocycles. The quantitative estimate of drug-likeness (QED) is 0.605. The highest BCUT2D eigenvalue weighted by Crippen LogP contribution is 2.22. The molecule has 124 valence electrons. The molecular formula is C18H23ClN2OS. The van der Waals surface area contributed by atoms with Gasteiger partial charge < -0.3 is 11.1 Å². The van der Waals surface area contributed by atoms with Crippen LogP contribution in [0.15, 0.2) is 41.3 Å². The van der Waals surface area contributed by atoms with Crippen LogP contribution in [0.5, 0.6) is 0 Å². The number of halogens is 1. The largest absolute Gasteiger partial charge is 0.399 e. The lowest BCUT2D eigenvalue weighted by atomic mass is 10.1. The van der Waals surface area contributed by atoms with Crippen molar-refractivity contribution in [1.82, 2.24) is 0 Å². The fraction of sp³-hybridized carbons (Fsp3) is 0.278. The molecule has 0 aliphatic heterocycles. The highest BCUT2D eigenvalue weighted by Gasteiger charge is 2.06. The minimum atomic E-state index is 0. The van der Waals surface area contributed by atoms with Gasteiger partial charge in [0, 0.05) is 28.4 Å². The Kier molecular flexibility index (Phi) is 7.46. The maximum Gasteiger partial charge on any atom is 0.225 e.